The van der Waals surface area contributed by atoms with E-state index >= 15 is 0 Å². The Balaban J connectivity index is 2.37. The van der Waals surface area contributed by atoms with Gasteiger partial charge in [0.15, 0.2) is 0 Å². The third kappa shape index (κ3) is 4.54. The van der Waals surface area contributed by atoms with Crippen molar-refractivity contribution in [2.45, 2.75) is 26.8 Å². The zero-order valence-corrected chi connectivity index (χ0v) is 10.3. The molecule has 0 bridgehead atoms. The second-order valence-corrected chi connectivity index (χ2v) is 4.30. The third-order valence-electron chi connectivity index (χ3n) is 2.05. The summed E-state index contributed by atoms with van der Waals surface area (Å²) in [6.07, 6.45) is 0. The smallest absolute Gasteiger partial charge is 0.122 e. The molecule has 1 aromatic carbocycles. The van der Waals surface area contributed by atoms with Crippen LogP contribution in [0.15, 0.2) is 18.2 Å². The molecule has 0 unspecified atom stereocenters. The summed E-state index contributed by atoms with van der Waals surface area (Å²) in [6.45, 7) is 7.78. The lowest BCUT2D eigenvalue weighted by atomic mass is 10.2. The van der Waals surface area contributed by atoms with Crippen LogP contribution >= 0.6 is 11.6 Å². The zero-order chi connectivity index (χ0) is 11.3. The van der Waals surface area contributed by atoms with E-state index < -0.39 is 0 Å². The topological polar surface area (TPSA) is 21.3 Å². The highest BCUT2D eigenvalue weighted by molar-refractivity contribution is 6.30. The minimum absolute atomic E-state index is 0.500. The number of hydrogen-bond acceptors (Lipinski definition) is 2. The Labute approximate surface area is 96.6 Å². The summed E-state index contributed by atoms with van der Waals surface area (Å²) in [7, 11) is 0. The van der Waals surface area contributed by atoms with E-state index in [0.29, 0.717) is 12.6 Å². The van der Waals surface area contributed by atoms with Gasteiger partial charge >= 0.3 is 0 Å². The first-order chi connectivity index (χ1) is 7.09. The normalized spacial score (nSPS) is 10.7. The Morgan fingerprint density at radius 3 is 2.73 bits per heavy atom. The predicted molar refractivity (Wildman–Crippen MR) is 64.8 cm³/mol. The van der Waals surface area contributed by atoms with Gasteiger partial charge in [-0.25, -0.2) is 0 Å². The molecule has 0 aliphatic heterocycles. The molecule has 1 aromatic rings. The van der Waals surface area contributed by atoms with Crippen LogP contribution in [0.25, 0.3) is 0 Å². The Bertz CT molecular complexity index is 312. The molecule has 84 valence electrons. The lowest BCUT2D eigenvalue weighted by Gasteiger charge is -2.11. The predicted octanol–water partition coefficient (Wildman–Crippen LogP) is 3.03. The molecule has 0 aliphatic carbocycles. The van der Waals surface area contributed by atoms with E-state index in [1.807, 2.05) is 25.1 Å². The van der Waals surface area contributed by atoms with Crippen LogP contribution in [0.2, 0.25) is 5.02 Å². The van der Waals surface area contributed by atoms with Crippen molar-refractivity contribution in [1.29, 1.82) is 0 Å². The SMILES string of the molecule is Cc1cc(Cl)ccc1OCCNC(C)C. The number of benzene rings is 1. The van der Waals surface area contributed by atoms with Gasteiger partial charge in [0, 0.05) is 17.6 Å². The van der Waals surface area contributed by atoms with Crippen LogP contribution in [0.3, 0.4) is 0 Å². The lowest BCUT2D eigenvalue weighted by molar-refractivity contribution is 0.307. The molecule has 0 spiro atoms. The van der Waals surface area contributed by atoms with Crippen molar-refractivity contribution >= 4 is 11.6 Å². The molecule has 0 aromatic heterocycles. The van der Waals surface area contributed by atoms with Gasteiger partial charge in [-0.2, -0.15) is 0 Å². The summed E-state index contributed by atoms with van der Waals surface area (Å²) in [5.41, 5.74) is 1.08. The Morgan fingerprint density at radius 2 is 2.13 bits per heavy atom. The van der Waals surface area contributed by atoms with Crippen molar-refractivity contribution in [2.75, 3.05) is 13.2 Å². The third-order valence-corrected chi connectivity index (χ3v) is 2.28. The van der Waals surface area contributed by atoms with Crippen molar-refractivity contribution in [1.82, 2.24) is 5.32 Å². The number of nitrogens with one attached hydrogen (secondary N) is 1. The molecule has 0 radical (unpaired) electrons. The van der Waals surface area contributed by atoms with E-state index in [9.17, 15) is 0 Å². The van der Waals surface area contributed by atoms with Gasteiger partial charge in [-0.1, -0.05) is 25.4 Å². The van der Waals surface area contributed by atoms with E-state index in [2.05, 4.69) is 19.2 Å². The van der Waals surface area contributed by atoms with Crippen molar-refractivity contribution < 1.29 is 4.74 Å². The average molecular weight is 228 g/mol. The molecule has 0 fully saturated rings. The summed E-state index contributed by atoms with van der Waals surface area (Å²) >= 11 is 5.85. The molecule has 1 N–H and O–H groups in total. The monoisotopic (exact) mass is 227 g/mol. The minimum Gasteiger partial charge on any atom is -0.492 e. The van der Waals surface area contributed by atoms with Crippen LogP contribution in [0.4, 0.5) is 0 Å². The van der Waals surface area contributed by atoms with E-state index in [-0.39, 0.29) is 0 Å². The number of hydrogen-bond donors (Lipinski definition) is 1. The summed E-state index contributed by atoms with van der Waals surface area (Å²) in [6, 6.07) is 6.17. The highest BCUT2D eigenvalue weighted by Gasteiger charge is 2.00. The zero-order valence-electron chi connectivity index (χ0n) is 9.51. The van der Waals surface area contributed by atoms with Gasteiger partial charge in [-0.05, 0) is 30.7 Å². The van der Waals surface area contributed by atoms with Crippen molar-refractivity contribution in [2.24, 2.45) is 0 Å². The van der Waals surface area contributed by atoms with Crippen LogP contribution in [0.5, 0.6) is 5.75 Å². The van der Waals surface area contributed by atoms with Gasteiger partial charge < -0.3 is 10.1 Å². The molecule has 15 heavy (non-hydrogen) atoms. The van der Waals surface area contributed by atoms with Crippen LogP contribution in [0, 0.1) is 6.92 Å². The molecular formula is C12H18ClNO. The maximum Gasteiger partial charge on any atom is 0.122 e. The van der Waals surface area contributed by atoms with E-state index in [1.54, 1.807) is 0 Å². The van der Waals surface area contributed by atoms with Gasteiger partial charge in [0.05, 0.1) is 0 Å². The molecular weight excluding hydrogens is 210 g/mol. The summed E-state index contributed by atoms with van der Waals surface area (Å²) in [5.74, 6) is 0.907. The number of halogens is 1. The number of aryl methyl sites for hydroxylation is 1. The minimum atomic E-state index is 0.500. The second-order valence-electron chi connectivity index (χ2n) is 3.87. The van der Waals surface area contributed by atoms with Gasteiger partial charge in [-0.3, -0.25) is 0 Å². The summed E-state index contributed by atoms with van der Waals surface area (Å²) in [5, 5.41) is 4.05. The number of rotatable bonds is 5. The molecule has 0 heterocycles. The van der Waals surface area contributed by atoms with E-state index in [4.69, 9.17) is 16.3 Å². The maximum atomic E-state index is 5.85. The highest BCUT2D eigenvalue weighted by Crippen LogP contribution is 2.21. The number of ether oxygens (including phenoxy) is 1. The van der Waals surface area contributed by atoms with E-state index in [1.165, 1.54) is 0 Å². The van der Waals surface area contributed by atoms with Gasteiger partial charge in [0.2, 0.25) is 0 Å². The van der Waals surface area contributed by atoms with Gasteiger partial charge in [0.25, 0.3) is 0 Å². The van der Waals surface area contributed by atoms with Crippen LogP contribution < -0.4 is 10.1 Å². The largest absolute Gasteiger partial charge is 0.492 e. The maximum absolute atomic E-state index is 5.85. The molecule has 0 atom stereocenters. The first-order valence-corrected chi connectivity index (χ1v) is 5.59. The van der Waals surface area contributed by atoms with E-state index in [0.717, 1.165) is 22.9 Å². The molecule has 0 amide bonds. The van der Waals surface area contributed by atoms with Crippen molar-refractivity contribution in [3.05, 3.63) is 28.8 Å². The highest BCUT2D eigenvalue weighted by atomic mass is 35.5. The average Bonchev–Trinajstić information content (AvgIpc) is 2.14. The molecule has 3 heteroatoms. The fraction of sp³-hybridized carbons (Fsp3) is 0.500. The molecule has 0 saturated carbocycles. The molecule has 0 aliphatic rings. The van der Waals surface area contributed by atoms with Crippen LogP contribution in [-0.4, -0.2) is 19.2 Å². The fourth-order valence-electron chi connectivity index (χ4n) is 1.28. The Morgan fingerprint density at radius 1 is 1.40 bits per heavy atom. The molecule has 0 saturated heterocycles. The van der Waals surface area contributed by atoms with Crippen LogP contribution in [-0.2, 0) is 0 Å². The van der Waals surface area contributed by atoms with Crippen LogP contribution in [0.1, 0.15) is 19.4 Å². The summed E-state index contributed by atoms with van der Waals surface area (Å²) in [4.78, 5) is 0. The Kier molecular flexibility index (Phi) is 4.92. The first-order valence-electron chi connectivity index (χ1n) is 5.22. The molecule has 1 rings (SSSR count). The fourth-order valence-corrected chi connectivity index (χ4v) is 1.51. The van der Waals surface area contributed by atoms with Crippen molar-refractivity contribution in [3.8, 4) is 5.75 Å². The quantitative estimate of drug-likeness (QED) is 0.781. The van der Waals surface area contributed by atoms with Gasteiger partial charge in [0.1, 0.15) is 12.4 Å². The molecule has 2 nitrogen and oxygen atoms in total. The Hall–Kier alpha value is -0.730. The second kappa shape index (κ2) is 5.99. The van der Waals surface area contributed by atoms with Crippen molar-refractivity contribution in [3.63, 3.8) is 0 Å². The lowest BCUT2D eigenvalue weighted by Crippen LogP contribution is -2.27. The van der Waals surface area contributed by atoms with Gasteiger partial charge in [-0.15, -0.1) is 0 Å². The first kappa shape index (κ1) is 12.3. The summed E-state index contributed by atoms with van der Waals surface area (Å²) < 4.78 is 5.62. The standard InChI is InChI=1S/C12H18ClNO/c1-9(2)14-6-7-15-12-5-4-11(13)8-10(12)3/h4-5,8-9,14H,6-7H2,1-3H3.